The van der Waals surface area contributed by atoms with Crippen molar-refractivity contribution in [2.24, 2.45) is 10.9 Å². The number of carbonyl (C=O) groups excluding carboxylic acids is 1. The third-order valence-electron chi connectivity index (χ3n) is 1.34. The summed E-state index contributed by atoms with van der Waals surface area (Å²) in [5.41, 5.74) is 5.62. The van der Waals surface area contributed by atoms with Crippen LogP contribution in [0.5, 0.6) is 0 Å². The lowest BCUT2D eigenvalue weighted by atomic mass is 10.2. The predicted octanol–water partition coefficient (Wildman–Crippen LogP) is 1.79. The van der Waals surface area contributed by atoms with Crippen molar-refractivity contribution < 1.29 is 4.79 Å². The molecule has 1 rings (SSSR count). The molecule has 0 unspecified atom stereocenters. The molecule has 0 saturated carbocycles. The highest BCUT2D eigenvalue weighted by molar-refractivity contribution is 14.1. The molecule has 0 bridgehead atoms. The minimum absolute atomic E-state index is 0.243. The third kappa shape index (κ3) is 1.60. The van der Waals surface area contributed by atoms with Crippen LogP contribution in [0.2, 0.25) is 0 Å². The number of nitrogens with two attached hydrogens (primary N) is 1. The number of primary amides is 1. The van der Waals surface area contributed by atoms with E-state index in [0.717, 1.165) is 0 Å². The van der Waals surface area contributed by atoms with Crippen LogP contribution in [0.1, 0.15) is 10.4 Å². The summed E-state index contributed by atoms with van der Waals surface area (Å²) in [6.45, 7) is 0. The van der Waals surface area contributed by atoms with Gasteiger partial charge in [-0.1, -0.05) is 6.07 Å². The molecule has 4 nitrogen and oxygen atoms in total. The second kappa shape index (κ2) is 3.61. The quantitative estimate of drug-likeness (QED) is 0.660. The van der Waals surface area contributed by atoms with Gasteiger partial charge in [0.1, 0.15) is 5.69 Å². The zero-order valence-corrected chi connectivity index (χ0v) is 8.11. The molecule has 0 aliphatic rings. The molecular formula is C7H5IN2O2. The minimum Gasteiger partial charge on any atom is -0.366 e. The van der Waals surface area contributed by atoms with E-state index in [1.54, 1.807) is 12.1 Å². The standard InChI is InChI=1S/C7H5IN2O2/c8-6-4(7(9)11)2-1-3-5(6)10-12/h1-3H,(H2,9,11). The molecule has 0 spiro atoms. The van der Waals surface area contributed by atoms with Gasteiger partial charge < -0.3 is 5.73 Å². The van der Waals surface area contributed by atoms with E-state index in [1.807, 2.05) is 22.6 Å². The molecule has 1 amide bonds. The molecule has 0 fully saturated rings. The van der Waals surface area contributed by atoms with Crippen LogP contribution in [-0.4, -0.2) is 5.91 Å². The van der Waals surface area contributed by atoms with Gasteiger partial charge in [-0.25, -0.2) is 0 Å². The van der Waals surface area contributed by atoms with Gasteiger partial charge in [-0.2, -0.15) is 0 Å². The molecule has 0 radical (unpaired) electrons. The van der Waals surface area contributed by atoms with E-state index in [0.29, 0.717) is 9.13 Å². The highest BCUT2D eigenvalue weighted by Crippen LogP contribution is 2.23. The average Bonchev–Trinajstić information content (AvgIpc) is 2.04. The SMILES string of the molecule is NC(=O)c1cccc(N=O)c1I. The Hall–Kier alpha value is -0.980. The van der Waals surface area contributed by atoms with Gasteiger partial charge in [0, 0.05) is 0 Å². The monoisotopic (exact) mass is 276 g/mol. The molecule has 5 heteroatoms. The summed E-state index contributed by atoms with van der Waals surface area (Å²) in [5, 5.41) is 2.75. The van der Waals surface area contributed by atoms with Crippen molar-refractivity contribution in [2.45, 2.75) is 0 Å². The van der Waals surface area contributed by atoms with Gasteiger partial charge in [-0.15, -0.1) is 4.91 Å². The Morgan fingerprint density at radius 3 is 2.67 bits per heavy atom. The molecule has 0 atom stereocenters. The fourth-order valence-corrected chi connectivity index (χ4v) is 1.50. The highest BCUT2D eigenvalue weighted by atomic mass is 127. The molecule has 0 aliphatic heterocycles. The Kier molecular flexibility index (Phi) is 2.74. The van der Waals surface area contributed by atoms with E-state index in [9.17, 15) is 9.70 Å². The van der Waals surface area contributed by atoms with Crippen molar-refractivity contribution in [3.63, 3.8) is 0 Å². The van der Waals surface area contributed by atoms with Gasteiger partial charge in [0.2, 0.25) is 5.91 Å². The number of nitroso groups, excluding NO2 is 1. The fraction of sp³-hybridized carbons (Fsp3) is 0. The smallest absolute Gasteiger partial charge is 0.249 e. The van der Waals surface area contributed by atoms with Gasteiger partial charge >= 0.3 is 0 Å². The normalized spacial score (nSPS) is 9.42. The second-order valence-corrected chi connectivity index (χ2v) is 3.17. The summed E-state index contributed by atoms with van der Waals surface area (Å²) in [5.74, 6) is -0.551. The van der Waals surface area contributed by atoms with Crippen LogP contribution < -0.4 is 5.73 Å². The van der Waals surface area contributed by atoms with E-state index in [2.05, 4.69) is 5.18 Å². The van der Waals surface area contributed by atoms with Crippen molar-refractivity contribution in [3.05, 3.63) is 32.2 Å². The summed E-state index contributed by atoms with van der Waals surface area (Å²) < 4.78 is 0.498. The lowest BCUT2D eigenvalue weighted by Gasteiger charge is -1.99. The summed E-state index contributed by atoms with van der Waals surface area (Å²) in [6, 6.07) is 4.65. The van der Waals surface area contributed by atoms with Crippen LogP contribution in [-0.2, 0) is 0 Å². The Morgan fingerprint density at radius 2 is 2.17 bits per heavy atom. The number of hydrogen-bond donors (Lipinski definition) is 1. The maximum absolute atomic E-state index is 10.8. The van der Waals surface area contributed by atoms with Gasteiger partial charge in [-0.3, -0.25) is 4.79 Å². The van der Waals surface area contributed by atoms with Crippen molar-refractivity contribution in [3.8, 4) is 0 Å². The van der Waals surface area contributed by atoms with E-state index >= 15 is 0 Å². The van der Waals surface area contributed by atoms with Crippen molar-refractivity contribution >= 4 is 34.2 Å². The van der Waals surface area contributed by atoms with E-state index in [4.69, 9.17) is 5.73 Å². The molecule has 0 saturated heterocycles. The Morgan fingerprint density at radius 1 is 1.50 bits per heavy atom. The first-order valence-corrected chi connectivity index (χ1v) is 4.16. The van der Waals surface area contributed by atoms with E-state index < -0.39 is 5.91 Å². The number of hydrogen-bond acceptors (Lipinski definition) is 3. The second-order valence-electron chi connectivity index (χ2n) is 2.09. The van der Waals surface area contributed by atoms with Gasteiger partial charge in [0.15, 0.2) is 0 Å². The van der Waals surface area contributed by atoms with Crippen LogP contribution in [0.25, 0.3) is 0 Å². The fourth-order valence-electron chi connectivity index (χ4n) is 0.781. The molecule has 2 N–H and O–H groups in total. The van der Waals surface area contributed by atoms with Gasteiger partial charge in [0.25, 0.3) is 0 Å². The number of amides is 1. The van der Waals surface area contributed by atoms with Crippen LogP contribution in [0.3, 0.4) is 0 Å². The molecule has 12 heavy (non-hydrogen) atoms. The lowest BCUT2D eigenvalue weighted by molar-refractivity contribution is 0.0999. The molecule has 1 aromatic carbocycles. The van der Waals surface area contributed by atoms with Crippen LogP contribution >= 0.6 is 22.6 Å². The van der Waals surface area contributed by atoms with Gasteiger partial charge in [0.05, 0.1) is 9.13 Å². The first-order valence-electron chi connectivity index (χ1n) is 3.08. The molecule has 62 valence electrons. The Labute approximate surface area is 82.3 Å². The zero-order chi connectivity index (χ0) is 9.14. The predicted molar refractivity (Wildman–Crippen MR) is 53.1 cm³/mol. The summed E-state index contributed by atoms with van der Waals surface area (Å²) in [6.07, 6.45) is 0. The zero-order valence-electron chi connectivity index (χ0n) is 5.95. The Bertz CT molecular complexity index is 338. The number of halogens is 1. The van der Waals surface area contributed by atoms with Crippen molar-refractivity contribution in [1.82, 2.24) is 0 Å². The Balaban J connectivity index is 3.32. The van der Waals surface area contributed by atoms with Crippen molar-refractivity contribution in [1.29, 1.82) is 0 Å². The molecular weight excluding hydrogens is 271 g/mol. The van der Waals surface area contributed by atoms with E-state index in [-0.39, 0.29) is 5.69 Å². The summed E-state index contributed by atoms with van der Waals surface area (Å²) in [4.78, 5) is 21.0. The van der Waals surface area contributed by atoms with Crippen LogP contribution in [0.15, 0.2) is 23.4 Å². The number of nitrogens with zero attached hydrogens (tertiary/aromatic N) is 1. The molecule has 0 heterocycles. The van der Waals surface area contributed by atoms with Crippen LogP contribution in [0.4, 0.5) is 5.69 Å². The van der Waals surface area contributed by atoms with E-state index in [1.165, 1.54) is 6.07 Å². The van der Waals surface area contributed by atoms with Gasteiger partial charge in [-0.05, 0) is 39.9 Å². The largest absolute Gasteiger partial charge is 0.366 e. The number of benzene rings is 1. The maximum atomic E-state index is 10.8. The third-order valence-corrected chi connectivity index (χ3v) is 2.48. The number of rotatable bonds is 2. The van der Waals surface area contributed by atoms with Crippen molar-refractivity contribution in [2.75, 3.05) is 0 Å². The number of carbonyl (C=O) groups is 1. The summed E-state index contributed by atoms with van der Waals surface area (Å²) in [7, 11) is 0. The minimum atomic E-state index is -0.551. The molecule has 0 aliphatic carbocycles. The highest BCUT2D eigenvalue weighted by Gasteiger charge is 2.09. The molecule has 1 aromatic rings. The summed E-state index contributed by atoms with van der Waals surface area (Å²) >= 11 is 1.86. The first-order chi connectivity index (χ1) is 5.66. The topological polar surface area (TPSA) is 72.5 Å². The lowest BCUT2D eigenvalue weighted by Crippen LogP contribution is -2.12. The first kappa shape index (κ1) is 9.11. The van der Waals surface area contributed by atoms with Crippen LogP contribution in [0, 0.1) is 8.48 Å². The maximum Gasteiger partial charge on any atom is 0.249 e. The molecule has 0 aromatic heterocycles. The average molecular weight is 276 g/mol.